The summed E-state index contributed by atoms with van der Waals surface area (Å²) in [6, 6.07) is 18.0. The standard InChI is InChI=1S/C25H31NO3/c1-29-22-13-6-5-11-20(22)24-21-12-7-8-16-25(21,28)17-18-26(24)23(27)15-14-19-9-3-2-4-10-19/h2-6,9-11,13,21,24,28H,7-8,12,14-18H2,1H3/t21-,24-,25+/m1/s1. The number of methoxy groups -OCH3 is 1. The topological polar surface area (TPSA) is 49.8 Å². The van der Waals surface area contributed by atoms with Crippen molar-refractivity contribution >= 4 is 5.91 Å². The number of benzene rings is 2. The molecule has 1 N–H and O–H groups in total. The molecule has 0 spiro atoms. The van der Waals surface area contributed by atoms with Gasteiger partial charge in [0.05, 0.1) is 18.8 Å². The minimum absolute atomic E-state index is 0.0574. The van der Waals surface area contributed by atoms with E-state index >= 15 is 0 Å². The van der Waals surface area contributed by atoms with Crippen molar-refractivity contribution in [2.45, 2.75) is 56.6 Å². The van der Waals surface area contributed by atoms with E-state index in [1.807, 2.05) is 41.3 Å². The third-order valence-corrected chi connectivity index (χ3v) is 6.82. The summed E-state index contributed by atoms with van der Waals surface area (Å²) in [5.74, 6) is 1.02. The quantitative estimate of drug-likeness (QED) is 0.812. The fourth-order valence-electron chi connectivity index (χ4n) is 5.30. The second kappa shape index (κ2) is 8.58. The molecule has 0 unspecified atom stereocenters. The Morgan fingerprint density at radius 1 is 1.10 bits per heavy atom. The highest BCUT2D eigenvalue weighted by molar-refractivity contribution is 5.77. The lowest BCUT2D eigenvalue weighted by molar-refractivity contribution is -0.155. The number of piperidine rings is 1. The lowest BCUT2D eigenvalue weighted by Crippen LogP contribution is -2.56. The molecule has 1 saturated carbocycles. The molecule has 2 aromatic rings. The minimum atomic E-state index is -0.681. The molecule has 0 radical (unpaired) electrons. The lowest BCUT2D eigenvalue weighted by Gasteiger charge is -2.52. The van der Waals surface area contributed by atoms with Crippen molar-refractivity contribution in [2.75, 3.05) is 13.7 Å². The van der Waals surface area contributed by atoms with E-state index in [9.17, 15) is 9.90 Å². The predicted octanol–water partition coefficient (Wildman–Crippen LogP) is 4.52. The number of para-hydroxylation sites is 1. The smallest absolute Gasteiger partial charge is 0.223 e. The van der Waals surface area contributed by atoms with Gasteiger partial charge in [0.2, 0.25) is 5.91 Å². The minimum Gasteiger partial charge on any atom is -0.496 e. The van der Waals surface area contributed by atoms with Crippen molar-refractivity contribution < 1.29 is 14.6 Å². The summed E-state index contributed by atoms with van der Waals surface area (Å²) < 4.78 is 5.65. The number of carbonyl (C=O) groups excluding carboxylic acids is 1. The Hall–Kier alpha value is -2.33. The highest BCUT2D eigenvalue weighted by Crippen LogP contribution is 2.50. The fourth-order valence-corrected chi connectivity index (χ4v) is 5.30. The zero-order chi connectivity index (χ0) is 20.3. The summed E-state index contributed by atoms with van der Waals surface area (Å²) in [6.07, 6.45) is 5.83. The zero-order valence-electron chi connectivity index (χ0n) is 17.2. The maximum absolute atomic E-state index is 13.3. The van der Waals surface area contributed by atoms with Gasteiger partial charge in [-0.15, -0.1) is 0 Å². The van der Waals surface area contributed by atoms with Gasteiger partial charge in [-0.3, -0.25) is 4.79 Å². The molecule has 1 amide bonds. The molecule has 0 aromatic heterocycles. The van der Waals surface area contributed by atoms with Crippen LogP contribution < -0.4 is 4.74 Å². The molecule has 3 atom stereocenters. The van der Waals surface area contributed by atoms with Gasteiger partial charge in [-0.1, -0.05) is 61.4 Å². The predicted molar refractivity (Wildman–Crippen MR) is 114 cm³/mol. The average molecular weight is 394 g/mol. The largest absolute Gasteiger partial charge is 0.496 e. The number of carbonyl (C=O) groups is 1. The first kappa shape index (κ1) is 20.0. The molecule has 0 bridgehead atoms. The molecule has 29 heavy (non-hydrogen) atoms. The van der Waals surface area contributed by atoms with E-state index in [-0.39, 0.29) is 17.9 Å². The normalized spacial score (nSPS) is 26.6. The van der Waals surface area contributed by atoms with Gasteiger partial charge in [0, 0.05) is 24.4 Å². The van der Waals surface area contributed by atoms with Crippen LogP contribution in [0.2, 0.25) is 0 Å². The highest BCUT2D eigenvalue weighted by atomic mass is 16.5. The summed E-state index contributed by atoms with van der Waals surface area (Å²) in [4.78, 5) is 15.4. The highest BCUT2D eigenvalue weighted by Gasteiger charge is 2.50. The summed E-state index contributed by atoms with van der Waals surface area (Å²) in [6.45, 7) is 0.601. The third-order valence-electron chi connectivity index (χ3n) is 6.82. The molecule has 4 nitrogen and oxygen atoms in total. The van der Waals surface area contributed by atoms with Gasteiger partial charge >= 0.3 is 0 Å². The van der Waals surface area contributed by atoms with Crippen molar-refractivity contribution in [1.29, 1.82) is 0 Å². The van der Waals surface area contributed by atoms with Crippen molar-refractivity contribution in [1.82, 2.24) is 4.90 Å². The summed E-state index contributed by atoms with van der Waals surface area (Å²) in [5, 5.41) is 11.4. The van der Waals surface area contributed by atoms with Crippen LogP contribution in [0.1, 0.15) is 55.7 Å². The molecular weight excluding hydrogens is 362 g/mol. The number of ether oxygens (including phenoxy) is 1. The van der Waals surface area contributed by atoms with Crippen molar-refractivity contribution in [3.63, 3.8) is 0 Å². The number of hydrogen-bond donors (Lipinski definition) is 1. The van der Waals surface area contributed by atoms with Crippen LogP contribution in [0.25, 0.3) is 0 Å². The van der Waals surface area contributed by atoms with Gasteiger partial charge < -0.3 is 14.7 Å². The number of likely N-dealkylation sites (tertiary alicyclic amines) is 1. The summed E-state index contributed by atoms with van der Waals surface area (Å²) >= 11 is 0. The number of aliphatic hydroxyl groups is 1. The van der Waals surface area contributed by atoms with Gasteiger partial charge in [-0.05, 0) is 37.3 Å². The van der Waals surface area contributed by atoms with Crippen LogP contribution in [0, 0.1) is 5.92 Å². The molecular formula is C25H31NO3. The van der Waals surface area contributed by atoms with Gasteiger partial charge in [0.1, 0.15) is 5.75 Å². The number of aryl methyl sites for hydroxylation is 1. The van der Waals surface area contributed by atoms with Crippen LogP contribution in [-0.4, -0.2) is 35.2 Å². The molecule has 1 saturated heterocycles. The number of nitrogens with zero attached hydrogens (tertiary/aromatic N) is 1. The monoisotopic (exact) mass is 393 g/mol. The van der Waals surface area contributed by atoms with E-state index in [1.54, 1.807) is 7.11 Å². The molecule has 2 aromatic carbocycles. The molecule has 1 aliphatic carbocycles. The van der Waals surface area contributed by atoms with Crippen LogP contribution in [0.3, 0.4) is 0 Å². The molecule has 1 heterocycles. The van der Waals surface area contributed by atoms with E-state index in [1.165, 1.54) is 5.56 Å². The molecule has 2 aliphatic rings. The van der Waals surface area contributed by atoms with E-state index in [2.05, 4.69) is 18.2 Å². The Kier molecular flexibility index (Phi) is 5.91. The van der Waals surface area contributed by atoms with Gasteiger partial charge in [0.25, 0.3) is 0 Å². The first-order chi connectivity index (χ1) is 14.1. The maximum atomic E-state index is 13.3. The maximum Gasteiger partial charge on any atom is 0.223 e. The Balaban J connectivity index is 1.63. The number of fused-ring (bicyclic) bond motifs is 1. The first-order valence-corrected chi connectivity index (χ1v) is 10.8. The van der Waals surface area contributed by atoms with Gasteiger partial charge in [0.15, 0.2) is 0 Å². The van der Waals surface area contributed by atoms with Gasteiger partial charge in [-0.2, -0.15) is 0 Å². The van der Waals surface area contributed by atoms with Crippen LogP contribution >= 0.6 is 0 Å². The van der Waals surface area contributed by atoms with Crippen LogP contribution in [0.5, 0.6) is 5.75 Å². The molecule has 4 heteroatoms. The van der Waals surface area contributed by atoms with E-state index in [0.29, 0.717) is 19.4 Å². The number of hydrogen-bond acceptors (Lipinski definition) is 3. The fraction of sp³-hybridized carbons (Fsp3) is 0.480. The molecule has 1 aliphatic heterocycles. The molecule has 154 valence electrons. The van der Waals surface area contributed by atoms with E-state index in [0.717, 1.165) is 43.4 Å². The molecule has 2 fully saturated rings. The van der Waals surface area contributed by atoms with E-state index < -0.39 is 5.60 Å². The van der Waals surface area contributed by atoms with Crippen molar-refractivity contribution in [3.05, 3.63) is 65.7 Å². The Bertz CT molecular complexity index is 837. The van der Waals surface area contributed by atoms with Crippen LogP contribution in [0.15, 0.2) is 54.6 Å². The third kappa shape index (κ3) is 4.04. The number of amides is 1. The van der Waals surface area contributed by atoms with Gasteiger partial charge in [-0.25, -0.2) is 0 Å². The van der Waals surface area contributed by atoms with Crippen molar-refractivity contribution in [2.24, 2.45) is 5.92 Å². The summed E-state index contributed by atoms with van der Waals surface area (Å²) in [5.41, 5.74) is 1.52. The lowest BCUT2D eigenvalue weighted by atomic mass is 9.66. The van der Waals surface area contributed by atoms with Crippen LogP contribution in [-0.2, 0) is 11.2 Å². The Morgan fingerprint density at radius 3 is 2.66 bits per heavy atom. The second-order valence-corrected chi connectivity index (χ2v) is 8.47. The number of rotatable bonds is 5. The average Bonchev–Trinajstić information content (AvgIpc) is 2.77. The first-order valence-electron chi connectivity index (χ1n) is 10.8. The SMILES string of the molecule is COc1ccccc1[C@@H]1[C@H]2CCCC[C@]2(O)CCN1C(=O)CCc1ccccc1. The van der Waals surface area contributed by atoms with E-state index in [4.69, 9.17) is 4.74 Å². The van der Waals surface area contributed by atoms with Crippen LogP contribution in [0.4, 0.5) is 0 Å². The van der Waals surface area contributed by atoms with Crippen molar-refractivity contribution in [3.8, 4) is 5.75 Å². The second-order valence-electron chi connectivity index (χ2n) is 8.47. The Labute approximate surface area is 173 Å². The summed E-state index contributed by atoms with van der Waals surface area (Å²) in [7, 11) is 1.68. The molecule has 4 rings (SSSR count). The zero-order valence-corrected chi connectivity index (χ0v) is 17.2. The Morgan fingerprint density at radius 2 is 1.86 bits per heavy atom.